The Labute approximate surface area is 119 Å². The summed E-state index contributed by atoms with van der Waals surface area (Å²) in [5, 5.41) is 0.573. The van der Waals surface area contributed by atoms with Crippen molar-refractivity contribution in [1.29, 1.82) is 0 Å². The lowest BCUT2D eigenvalue weighted by Gasteiger charge is -2.45. The van der Waals surface area contributed by atoms with E-state index in [9.17, 15) is 0 Å². The van der Waals surface area contributed by atoms with Crippen molar-refractivity contribution in [3.8, 4) is 0 Å². The standard InChI is InChI=1S/C14H21ClN4/c1-14(2)9-19(7-6-18(14)3)12-8-11(15)16-13(17-12)10-4-5-10/h8,10H,4-7,9H2,1-3H3. The molecule has 2 aliphatic rings. The Kier molecular flexibility index (Phi) is 3.18. The van der Waals surface area contributed by atoms with Gasteiger partial charge in [0.1, 0.15) is 16.8 Å². The van der Waals surface area contributed by atoms with Crippen LogP contribution in [0.25, 0.3) is 0 Å². The van der Waals surface area contributed by atoms with E-state index in [2.05, 4.69) is 35.7 Å². The lowest BCUT2D eigenvalue weighted by molar-refractivity contribution is 0.138. The van der Waals surface area contributed by atoms with Crippen LogP contribution in [0.5, 0.6) is 0 Å². The van der Waals surface area contributed by atoms with Crippen LogP contribution >= 0.6 is 11.6 Å². The van der Waals surface area contributed by atoms with Gasteiger partial charge in [0.05, 0.1) is 0 Å². The fraction of sp³-hybridized carbons (Fsp3) is 0.714. The van der Waals surface area contributed by atoms with Crippen molar-refractivity contribution in [2.24, 2.45) is 0 Å². The molecule has 4 nitrogen and oxygen atoms in total. The fourth-order valence-electron chi connectivity index (χ4n) is 2.54. The number of hydrogen-bond acceptors (Lipinski definition) is 4. The first-order valence-corrected chi connectivity index (χ1v) is 7.34. The lowest BCUT2D eigenvalue weighted by atomic mass is 10.00. The maximum atomic E-state index is 6.15. The minimum absolute atomic E-state index is 0.162. The molecule has 1 aromatic rings. The first-order chi connectivity index (χ1) is 8.95. The van der Waals surface area contributed by atoms with Crippen LogP contribution in [0.15, 0.2) is 6.07 Å². The number of anilines is 1. The smallest absolute Gasteiger partial charge is 0.135 e. The number of piperazine rings is 1. The molecule has 0 radical (unpaired) electrons. The van der Waals surface area contributed by atoms with Crippen LogP contribution in [0.3, 0.4) is 0 Å². The van der Waals surface area contributed by atoms with Gasteiger partial charge in [0.2, 0.25) is 0 Å². The maximum absolute atomic E-state index is 6.15. The molecule has 0 amide bonds. The monoisotopic (exact) mass is 280 g/mol. The van der Waals surface area contributed by atoms with Crippen molar-refractivity contribution in [1.82, 2.24) is 14.9 Å². The Morgan fingerprint density at radius 1 is 1.26 bits per heavy atom. The van der Waals surface area contributed by atoms with Crippen molar-refractivity contribution < 1.29 is 0 Å². The zero-order valence-corrected chi connectivity index (χ0v) is 12.6. The van der Waals surface area contributed by atoms with Gasteiger partial charge in [0, 0.05) is 37.2 Å². The third-order valence-electron chi connectivity index (χ3n) is 4.28. The molecule has 0 N–H and O–H groups in total. The van der Waals surface area contributed by atoms with E-state index in [1.54, 1.807) is 0 Å². The molecule has 1 aromatic heterocycles. The van der Waals surface area contributed by atoms with Gasteiger partial charge in [-0.2, -0.15) is 0 Å². The number of halogens is 1. The number of aromatic nitrogens is 2. The van der Waals surface area contributed by atoms with E-state index in [0.29, 0.717) is 11.1 Å². The number of hydrogen-bond donors (Lipinski definition) is 0. The molecule has 0 bridgehead atoms. The van der Waals surface area contributed by atoms with Crippen LogP contribution in [-0.2, 0) is 0 Å². The molecule has 19 heavy (non-hydrogen) atoms. The van der Waals surface area contributed by atoms with E-state index in [4.69, 9.17) is 16.6 Å². The van der Waals surface area contributed by atoms with E-state index < -0.39 is 0 Å². The predicted octanol–water partition coefficient (Wildman–Crippen LogP) is 2.54. The molecule has 3 rings (SSSR count). The second-order valence-electron chi connectivity index (χ2n) is 6.34. The molecule has 104 valence electrons. The maximum Gasteiger partial charge on any atom is 0.135 e. The summed E-state index contributed by atoms with van der Waals surface area (Å²) in [5.41, 5.74) is 0.162. The molecular formula is C14H21ClN4. The lowest BCUT2D eigenvalue weighted by Crippen LogP contribution is -2.57. The highest BCUT2D eigenvalue weighted by Crippen LogP contribution is 2.39. The van der Waals surface area contributed by atoms with E-state index in [-0.39, 0.29) is 5.54 Å². The van der Waals surface area contributed by atoms with Gasteiger partial charge in [-0.15, -0.1) is 0 Å². The van der Waals surface area contributed by atoms with Gasteiger partial charge in [-0.1, -0.05) is 11.6 Å². The first kappa shape index (κ1) is 13.1. The molecule has 2 fully saturated rings. The molecule has 0 atom stereocenters. The SMILES string of the molecule is CN1CCN(c2cc(Cl)nc(C3CC3)n2)CC1(C)C. The predicted molar refractivity (Wildman–Crippen MR) is 77.9 cm³/mol. The van der Waals surface area contributed by atoms with Crippen molar-refractivity contribution >= 4 is 17.4 Å². The van der Waals surface area contributed by atoms with Gasteiger partial charge in [-0.3, -0.25) is 4.90 Å². The van der Waals surface area contributed by atoms with E-state index in [0.717, 1.165) is 31.3 Å². The number of nitrogens with zero attached hydrogens (tertiary/aromatic N) is 4. The molecule has 5 heteroatoms. The van der Waals surface area contributed by atoms with Gasteiger partial charge in [-0.25, -0.2) is 9.97 Å². The quantitative estimate of drug-likeness (QED) is 0.780. The van der Waals surface area contributed by atoms with Crippen LogP contribution in [-0.4, -0.2) is 47.1 Å². The number of rotatable bonds is 2. The Morgan fingerprint density at radius 2 is 2.00 bits per heavy atom. The van der Waals surface area contributed by atoms with Crippen LogP contribution in [0.2, 0.25) is 5.15 Å². The molecule has 0 unspecified atom stereocenters. The highest BCUT2D eigenvalue weighted by Gasteiger charge is 2.33. The average Bonchev–Trinajstić information content (AvgIpc) is 3.16. The summed E-state index contributed by atoms with van der Waals surface area (Å²) in [6.45, 7) is 7.55. The summed E-state index contributed by atoms with van der Waals surface area (Å²) >= 11 is 6.15. The Balaban J connectivity index is 1.85. The van der Waals surface area contributed by atoms with Gasteiger partial charge in [-0.05, 0) is 33.7 Å². The average molecular weight is 281 g/mol. The summed E-state index contributed by atoms with van der Waals surface area (Å²) in [6.07, 6.45) is 2.40. The minimum Gasteiger partial charge on any atom is -0.353 e. The zero-order chi connectivity index (χ0) is 13.6. The highest BCUT2D eigenvalue weighted by atomic mass is 35.5. The molecule has 2 heterocycles. The van der Waals surface area contributed by atoms with E-state index in [1.165, 1.54) is 12.8 Å². The fourth-order valence-corrected chi connectivity index (χ4v) is 2.73. The van der Waals surface area contributed by atoms with Crippen LogP contribution < -0.4 is 4.90 Å². The van der Waals surface area contributed by atoms with Crippen LogP contribution in [0.4, 0.5) is 5.82 Å². The Bertz CT molecular complexity index is 484. The second kappa shape index (κ2) is 4.60. The van der Waals surface area contributed by atoms with Crippen LogP contribution in [0, 0.1) is 0 Å². The summed E-state index contributed by atoms with van der Waals surface area (Å²) in [5.74, 6) is 2.46. The van der Waals surface area contributed by atoms with Crippen LogP contribution in [0.1, 0.15) is 38.4 Å². The normalized spacial score (nSPS) is 23.7. The molecule has 0 spiro atoms. The molecule has 1 aliphatic heterocycles. The third-order valence-corrected chi connectivity index (χ3v) is 4.48. The highest BCUT2D eigenvalue weighted by molar-refractivity contribution is 6.29. The number of likely N-dealkylation sites (N-methyl/N-ethyl adjacent to an activating group) is 1. The Morgan fingerprint density at radius 3 is 2.63 bits per heavy atom. The molecular weight excluding hydrogens is 260 g/mol. The molecule has 1 aliphatic carbocycles. The largest absolute Gasteiger partial charge is 0.353 e. The van der Waals surface area contributed by atoms with E-state index >= 15 is 0 Å². The zero-order valence-electron chi connectivity index (χ0n) is 11.9. The summed E-state index contributed by atoms with van der Waals surface area (Å²) in [4.78, 5) is 13.8. The van der Waals surface area contributed by atoms with Crippen molar-refractivity contribution in [2.75, 3.05) is 31.6 Å². The van der Waals surface area contributed by atoms with Gasteiger partial charge in [0.25, 0.3) is 0 Å². The second-order valence-corrected chi connectivity index (χ2v) is 6.72. The summed E-state index contributed by atoms with van der Waals surface area (Å²) in [7, 11) is 2.18. The van der Waals surface area contributed by atoms with Gasteiger partial charge >= 0.3 is 0 Å². The molecule has 1 saturated carbocycles. The summed E-state index contributed by atoms with van der Waals surface area (Å²) < 4.78 is 0. The molecule has 1 saturated heterocycles. The summed E-state index contributed by atoms with van der Waals surface area (Å²) in [6, 6.07) is 1.90. The van der Waals surface area contributed by atoms with Crippen molar-refractivity contribution in [3.05, 3.63) is 17.0 Å². The Hall–Kier alpha value is -0.870. The first-order valence-electron chi connectivity index (χ1n) is 6.96. The van der Waals surface area contributed by atoms with Crippen molar-refractivity contribution in [2.45, 2.75) is 38.1 Å². The third kappa shape index (κ3) is 2.70. The minimum atomic E-state index is 0.162. The van der Waals surface area contributed by atoms with E-state index in [1.807, 2.05) is 6.07 Å². The topological polar surface area (TPSA) is 32.3 Å². The molecule has 0 aromatic carbocycles. The van der Waals surface area contributed by atoms with Gasteiger partial charge in [0.15, 0.2) is 0 Å². The van der Waals surface area contributed by atoms with Gasteiger partial charge < -0.3 is 4.90 Å². The van der Waals surface area contributed by atoms with Crippen molar-refractivity contribution in [3.63, 3.8) is 0 Å².